The van der Waals surface area contributed by atoms with Crippen LogP contribution in [0.5, 0.6) is 5.75 Å². The number of nitrogens with zero attached hydrogens (tertiary/aromatic N) is 3. The molecule has 0 spiro atoms. The second kappa shape index (κ2) is 5.90. The second-order valence-electron chi connectivity index (χ2n) is 6.42. The van der Waals surface area contributed by atoms with Crippen LogP contribution in [0.2, 0.25) is 0 Å². The quantitative estimate of drug-likeness (QED) is 0.734. The van der Waals surface area contributed by atoms with Gasteiger partial charge in [0.15, 0.2) is 0 Å². The fraction of sp³-hybridized carbons (Fsp3) is 0.294. The first-order chi connectivity index (χ1) is 12.6. The number of benzene rings is 1. The van der Waals surface area contributed by atoms with Crippen LogP contribution in [0.4, 0.5) is 5.82 Å². The molecule has 7 nitrogen and oxygen atoms in total. The lowest BCUT2D eigenvalue weighted by atomic mass is 10.1. The molecule has 3 aromatic rings. The maximum atomic E-state index is 12.7. The van der Waals surface area contributed by atoms with Crippen LogP contribution in [-0.2, 0) is 16.4 Å². The van der Waals surface area contributed by atoms with Crippen LogP contribution in [0, 0.1) is 0 Å². The van der Waals surface area contributed by atoms with Crippen molar-refractivity contribution in [1.82, 2.24) is 14.7 Å². The van der Waals surface area contributed by atoms with E-state index >= 15 is 0 Å². The molecule has 0 radical (unpaired) electrons. The molecule has 1 aromatic carbocycles. The van der Waals surface area contributed by atoms with Crippen LogP contribution in [-0.4, -0.2) is 44.1 Å². The van der Waals surface area contributed by atoms with Crippen molar-refractivity contribution in [2.24, 2.45) is 0 Å². The number of aromatic nitrogens is 2. The van der Waals surface area contributed by atoms with Crippen LogP contribution < -0.4 is 14.4 Å². The Hall–Kier alpha value is -2.23. The minimum Gasteiger partial charge on any atom is -0.493 e. The van der Waals surface area contributed by atoms with E-state index in [-0.39, 0.29) is 6.04 Å². The molecule has 0 unspecified atom stereocenters. The van der Waals surface area contributed by atoms with Gasteiger partial charge in [0.25, 0.3) is 0 Å². The Kier molecular flexibility index (Phi) is 3.63. The van der Waals surface area contributed by atoms with Crippen LogP contribution in [0.25, 0.3) is 10.2 Å². The normalized spacial score (nSPS) is 17.2. The molecule has 1 N–H and O–H groups in total. The summed E-state index contributed by atoms with van der Waals surface area (Å²) in [5, 5.41) is 1.99. The molecular formula is C17H16N4O3S2. The van der Waals surface area contributed by atoms with E-state index < -0.39 is 10.0 Å². The third kappa shape index (κ3) is 2.63. The number of hydrogen-bond acceptors (Lipinski definition) is 7. The lowest BCUT2D eigenvalue weighted by Gasteiger charge is -2.40. The highest BCUT2D eigenvalue weighted by molar-refractivity contribution is 7.89. The van der Waals surface area contributed by atoms with Gasteiger partial charge in [-0.25, -0.2) is 23.1 Å². The Balaban J connectivity index is 1.30. The fourth-order valence-corrected chi connectivity index (χ4v) is 5.48. The average molecular weight is 388 g/mol. The predicted molar refractivity (Wildman–Crippen MR) is 99.4 cm³/mol. The van der Waals surface area contributed by atoms with Crippen molar-refractivity contribution in [3.8, 4) is 5.75 Å². The smallest absolute Gasteiger partial charge is 0.240 e. The topological polar surface area (TPSA) is 84.4 Å². The molecule has 134 valence electrons. The standard InChI is InChI=1S/C17H16N4O3S2/c22-26(23,13-1-2-15-11(7-13)3-5-24-15)20-12-8-21(9-12)17-16-14(4-6-25-16)18-10-19-17/h1-2,4,6-7,10,12,20H,3,5,8-9H2. The summed E-state index contributed by atoms with van der Waals surface area (Å²) in [5.41, 5.74) is 1.87. The summed E-state index contributed by atoms with van der Waals surface area (Å²) in [6.07, 6.45) is 2.30. The number of rotatable bonds is 4. The van der Waals surface area contributed by atoms with E-state index in [2.05, 4.69) is 19.6 Å². The lowest BCUT2D eigenvalue weighted by molar-refractivity contribution is 0.356. The molecule has 0 aliphatic carbocycles. The maximum Gasteiger partial charge on any atom is 0.240 e. The molecule has 26 heavy (non-hydrogen) atoms. The number of thiophene rings is 1. The van der Waals surface area contributed by atoms with E-state index in [0.29, 0.717) is 24.6 Å². The van der Waals surface area contributed by atoms with Crippen molar-refractivity contribution in [2.75, 3.05) is 24.6 Å². The molecule has 0 saturated carbocycles. The molecule has 4 heterocycles. The highest BCUT2D eigenvalue weighted by Crippen LogP contribution is 2.31. The molecule has 2 aromatic heterocycles. The van der Waals surface area contributed by atoms with E-state index in [1.165, 1.54) is 0 Å². The zero-order valence-corrected chi connectivity index (χ0v) is 15.4. The van der Waals surface area contributed by atoms with E-state index in [1.54, 1.807) is 35.9 Å². The zero-order chi connectivity index (χ0) is 17.7. The third-order valence-corrected chi connectivity index (χ3v) is 7.12. The molecule has 5 rings (SSSR count). The van der Waals surface area contributed by atoms with Gasteiger partial charge in [0.1, 0.15) is 17.9 Å². The van der Waals surface area contributed by atoms with Gasteiger partial charge in [0.05, 0.1) is 27.8 Å². The maximum absolute atomic E-state index is 12.7. The molecule has 0 bridgehead atoms. The Labute approximate surface area is 154 Å². The van der Waals surface area contributed by atoms with Gasteiger partial charge in [-0.2, -0.15) is 0 Å². The van der Waals surface area contributed by atoms with Crippen molar-refractivity contribution in [3.63, 3.8) is 0 Å². The zero-order valence-electron chi connectivity index (χ0n) is 13.8. The number of sulfonamides is 1. The molecule has 9 heteroatoms. The highest BCUT2D eigenvalue weighted by atomic mass is 32.2. The van der Waals surface area contributed by atoms with Crippen LogP contribution >= 0.6 is 11.3 Å². The first kappa shape index (κ1) is 16.0. The molecule has 2 aliphatic rings. The van der Waals surface area contributed by atoms with E-state index in [0.717, 1.165) is 33.8 Å². The molecule has 0 amide bonds. The number of nitrogens with one attached hydrogen (secondary N) is 1. The first-order valence-corrected chi connectivity index (χ1v) is 10.7. The Morgan fingerprint density at radius 1 is 1.23 bits per heavy atom. The Morgan fingerprint density at radius 3 is 3.00 bits per heavy atom. The van der Waals surface area contributed by atoms with Crippen LogP contribution in [0.3, 0.4) is 0 Å². The first-order valence-electron chi connectivity index (χ1n) is 8.31. The monoisotopic (exact) mass is 388 g/mol. The molecule has 0 atom stereocenters. The summed E-state index contributed by atoms with van der Waals surface area (Å²) in [4.78, 5) is 11.0. The van der Waals surface area contributed by atoms with Gasteiger partial charge in [-0.1, -0.05) is 0 Å². The van der Waals surface area contributed by atoms with Crippen LogP contribution in [0.1, 0.15) is 5.56 Å². The minimum absolute atomic E-state index is 0.130. The second-order valence-corrected chi connectivity index (χ2v) is 9.05. The number of anilines is 1. The van der Waals surface area contributed by atoms with Crippen LogP contribution in [0.15, 0.2) is 40.9 Å². The average Bonchev–Trinajstić information content (AvgIpc) is 3.25. The predicted octanol–water partition coefficient (Wildman–Crippen LogP) is 1.79. The van der Waals surface area contributed by atoms with Gasteiger partial charge in [0, 0.05) is 19.5 Å². The Morgan fingerprint density at radius 2 is 2.12 bits per heavy atom. The SMILES string of the molecule is O=S(=O)(NC1CN(c2ncnc3ccsc23)C1)c1ccc2c(c1)CCO2. The fourth-order valence-electron chi connectivity index (χ4n) is 3.34. The van der Waals surface area contributed by atoms with E-state index in [4.69, 9.17) is 4.74 Å². The van der Waals surface area contributed by atoms with Crippen molar-refractivity contribution in [3.05, 3.63) is 41.5 Å². The van der Waals surface area contributed by atoms with Gasteiger partial charge in [-0.3, -0.25) is 0 Å². The summed E-state index contributed by atoms with van der Waals surface area (Å²) in [5.74, 6) is 1.65. The van der Waals surface area contributed by atoms with Gasteiger partial charge in [-0.05, 0) is 35.2 Å². The number of ether oxygens (including phenoxy) is 1. The number of fused-ring (bicyclic) bond motifs is 2. The Bertz CT molecular complexity index is 1090. The van der Waals surface area contributed by atoms with E-state index in [1.807, 2.05) is 11.4 Å². The summed E-state index contributed by atoms with van der Waals surface area (Å²) < 4.78 is 34.6. The summed E-state index contributed by atoms with van der Waals surface area (Å²) in [6.45, 7) is 1.80. The largest absolute Gasteiger partial charge is 0.493 e. The lowest BCUT2D eigenvalue weighted by Crippen LogP contribution is -2.59. The molecular weight excluding hydrogens is 372 g/mol. The summed E-state index contributed by atoms with van der Waals surface area (Å²) >= 11 is 1.60. The van der Waals surface area contributed by atoms with Crippen molar-refractivity contribution in [1.29, 1.82) is 0 Å². The summed E-state index contributed by atoms with van der Waals surface area (Å²) in [6, 6.07) is 6.87. The van der Waals surface area contributed by atoms with Gasteiger partial charge in [0.2, 0.25) is 10.0 Å². The molecule has 1 fully saturated rings. The third-order valence-electron chi connectivity index (χ3n) is 4.70. The van der Waals surface area contributed by atoms with Crippen molar-refractivity contribution in [2.45, 2.75) is 17.4 Å². The van der Waals surface area contributed by atoms with Gasteiger partial charge < -0.3 is 9.64 Å². The van der Waals surface area contributed by atoms with Gasteiger partial charge in [-0.15, -0.1) is 11.3 Å². The van der Waals surface area contributed by atoms with Gasteiger partial charge >= 0.3 is 0 Å². The van der Waals surface area contributed by atoms with Crippen molar-refractivity contribution >= 4 is 37.4 Å². The minimum atomic E-state index is -3.54. The summed E-state index contributed by atoms with van der Waals surface area (Å²) in [7, 11) is -3.54. The highest BCUT2D eigenvalue weighted by Gasteiger charge is 2.33. The molecule has 1 saturated heterocycles. The number of hydrogen-bond donors (Lipinski definition) is 1. The molecule has 2 aliphatic heterocycles. The van der Waals surface area contributed by atoms with E-state index in [9.17, 15) is 8.42 Å². The van der Waals surface area contributed by atoms with Crippen molar-refractivity contribution < 1.29 is 13.2 Å².